The third-order valence-corrected chi connectivity index (χ3v) is 4.96. The van der Waals surface area contributed by atoms with Crippen molar-refractivity contribution in [3.63, 3.8) is 0 Å². The van der Waals surface area contributed by atoms with Crippen LogP contribution in [0.5, 0.6) is 5.75 Å². The van der Waals surface area contributed by atoms with Crippen LogP contribution in [0.3, 0.4) is 0 Å². The van der Waals surface area contributed by atoms with Gasteiger partial charge in [-0.05, 0) is 67.5 Å². The van der Waals surface area contributed by atoms with Gasteiger partial charge in [0.2, 0.25) is 5.82 Å². The smallest absolute Gasteiger partial charge is 0.258 e. The molecule has 1 heterocycles. The van der Waals surface area contributed by atoms with Crippen molar-refractivity contribution in [2.45, 2.75) is 39.5 Å². The molecule has 0 saturated heterocycles. The Labute approximate surface area is 147 Å². The maximum Gasteiger partial charge on any atom is 0.258 e. The van der Waals surface area contributed by atoms with Crippen LogP contribution in [0, 0.1) is 6.92 Å². The lowest BCUT2D eigenvalue weighted by Gasteiger charge is -2.07. The summed E-state index contributed by atoms with van der Waals surface area (Å²) in [5, 5.41) is 4.24. The van der Waals surface area contributed by atoms with Gasteiger partial charge in [-0.25, -0.2) is 0 Å². The monoisotopic (exact) mass is 334 g/mol. The van der Waals surface area contributed by atoms with Crippen LogP contribution in [0.1, 0.15) is 42.9 Å². The summed E-state index contributed by atoms with van der Waals surface area (Å²) < 4.78 is 11.1. The minimum atomic E-state index is 0.546. The molecule has 0 fully saturated rings. The van der Waals surface area contributed by atoms with Gasteiger partial charge in [-0.2, -0.15) is 4.98 Å². The normalized spacial score (nSPS) is 16.0. The molecule has 1 aromatic heterocycles. The third kappa shape index (κ3) is 2.82. The number of nitrogens with zero attached hydrogens (tertiary/aromatic N) is 2. The van der Waals surface area contributed by atoms with E-state index in [1.165, 1.54) is 17.5 Å². The van der Waals surface area contributed by atoms with E-state index in [1.54, 1.807) is 0 Å². The minimum Gasteiger partial charge on any atom is -0.494 e. The average Bonchev–Trinajstić information content (AvgIpc) is 3.24. The fourth-order valence-electron chi connectivity index (χ4n) is 3.62. The lowest BCUT2D eigenvalue weighted by Crippen LogP contribution is -1.94. The zero-order chi connectivity index (χ0) is 17.4. The number of ether oxygens (including phenoxy) is 1. The van der Waals surface area contributed by atoms with Gasteiger partial charge in [0.05, 0.1) is 6.61 Å². The van der Waals surface area contributed by atoms with E-state index in [0.29, 0.717) is 24.2 Å². The molecule has 1 aliphatic rings. The minimum absolute atomic E-state index is 0.546. The molecule has 4 heteroatoms. The molecule has 4 nitrogen and oxygen atoms in total. The lowest BCUT2D eigenvalue weighted by molar-refractivity contribution is 0.338. The molecule has 3 aromatic rings. The largest absolute Gasteiger partial charge is 0.494 e. The molecule has 0 amide bonds. The van der Waals surface area contributed by atoms with Crippen LogP contribution in [0.15, 0.2) is 40.9 Å². The van der Waals surface area contributed by atoms with Gasteiger partial charge in [-0.3, -0.25) is 0 Å². The Bertz CT molecular complexity index is 914. The number of aromatic nitrogens is 2. The van der Waals surface area contributed by atoms with E-state index in [2.05, 4.69) is 35.3 Å². The maximum absolute atomic E-state index is 5.60. The molecule has 1 unspecified atom stereocenters. The van der Waals surface area contributed by atoms with Gasteiger partial charge in [0.25, 0.3) is 5.89 Å². The van der Waals surface area contributed by atoms with E-state index >= 15 is 0 Å². The van der Waals surface area contributed by atoms with E-state index in [-0.39, 0.29) is 0 Å². The Balaban J connectivity index is 1.69. The summed E-state index contributed by atoms with van der Waals surface area (Å²) >= 11 is 0. The molecule has 0 radical (unpaired) electrons. The first-order valence-corrected chi connectivity index (χ1v) is 8.87. The van der Waals surface area contributed by atoms with Gasteiger partial charge in [-0.1, -0.05) is 30.3 Å². The Kier molecular flexibility index (Phi) is 4.04. The van der Waals surface area contributed by atoms with Gasteiger partial charge in [0, 0.05) is 11.1 Å². The number of benzene rings is 2. The van der Waals surface area contributed by atoms with Crippen molar-refractivity contribution in [1.82, 2.24) is 10.1 Å². The molecular weight excluding hydrogens is 312 g/mol. The Morgan fingerprint density at radius 1 is 1.24 bits per heavy atom. The number of hydrogen-bond donors (Lipinski definition) is 0. The first-order chi connectivity index (χ1) is 12.2. The zero-order valence-corrected chi connectivity index (χ0v) is 14.9. The summed E-state index contributed by atoms with van der Waals surface area (Å²) in [4.78, 5) is 4.65. The van der Waals surface area contributed by atoms with Crippen LogP contribution in [0.4, 0.5) is 0 Å². The van der Waals surface area contributed by atoms with Crippen molar-refractivity contribution < 1.29 is 9.26 Å². The average molecular weight is 334 g/mol. The Hall–Kier alpha value is -2.62. The SMILES string of the molecule is CCOc1ccc(-c2nc(-c3cccc4c3CCC4C)no2)cc1C. The van der Waals surface area contributed by atoms with Crippen molar-refractivity contribution in [1.29, 1.82) is 0 Å². The van der Waals surface area contributed by atoms with Gasteiger partial charge in [0.15, 0.2) is 0 Å². The van der Waals surface area contributed by atoms with Crippen LogP contribution in [0.2, 0.25) is 0 Å². The molecule has 0 N–H and O–H groups in total. The van der Waals surface area contributed by atoms with E-state index in [0.717, 1.165) is 28.9 Å². The number of hydrogen-bond acceptors (Lipinski definition) is 4. The van der Waals surface area contributed by atoms with Crippen LogP contribution in [-0.4, -0.2) is 16.7 Å². The van der Waals surface area contributed by atoms with Crippen molar-refractivity contribution in [3.8, 4) is 28.6 Å². The molecule has 0 aliphatic heterocycles. The second kappa shape index (κ2) is 6.36. The summed E-state index contributed by atoms with van der Waals surface area (Å²) in [7, 11) is 0. The van der Waals surface area contributed by atoms with E-state index < -0.39 is 0 Å². The topological polar surface area (TPSA) is 48.2 Å². The van der Waals surface area contributed by atoms with E-state index in [1.807, 2.05) is 32.0 Å². The molecule has 0 spiro atoms. The summed E-state index contributed by atoms with van der Waals surface area (Å²) in [6, 6.07) is 12.3. The van der Waals surface area contributed by atoms with Gasteiger partial charge in [-0.15, -0.1) is 0 Å². The first kappa shape index (κ1) is 15.9. The lowest BCUT2D eigenvalue weighted by atomic mass is 9.99. The fraction of sp³-hybridized carbons (Fsp3) is 0.333. The van der Waals surface area contributed by atoms with Crippen molar-refractivity contribution in [2.24, 2.45) is 0 Å². The predicted molar refractivity (Wildman–Crippen MR) is 97.8 cm³/mol. The Morgan fingerprint density at radius 3 is 2.92 bits per heavy atom. The second-order valence-electron chi connectivity index (χ2n) is 6.65. The highest BCUT2D eigenvalue weighted by Crippen LogP contribution is 2.38. The molecule has 0 bridgehead atoms. The summed E-state index contributed by atoms with van der Waals surface area (Å²) in [6.07, 6.45) is 2.27. The highest BCUT2D eigenvalue weighted by Gasteiger charge is 2.23. The summed E-state index contributed by atoms with van der Waals surface area (Å²) in [5.41, 5.74) is 5.86. The number of rotatable bonds is 4. The number of aryl methyl sites for hydroxylation is 1. The molecular formula is C21H22N2O2. The number of fused-ring (bicyclic) bond motifs is 1. The molecule has 0 saturated carbocycles. The van der Waals surface area contributed by atoms with Crippen LogP contribution < -0.4 is 4.74 Å². The standard InChI is InChI=1S/C21H22N2O2/c1-4-24-19-11-9-15(12-14(19)3)21-22-20(23-25-21)18-7-5-6-16-13(2)8-10-17(16)18/h5-7,9,11-13H,4,8,10H2,1-3H3. The highest BCUT2D eigenvalue weighted by atomic mass is 16.5. The zero-order valence-electron chi connectivity index (χ0n) is 14.9. The maximum atomic E-state index is 5.60. The van der Waals surface area contributed by atoms with Gasteiger partial charge >= 0.3 is 0 Å². The van der Waals surface area contributed by atoms with Gasteiger partial charge < -0.3 is 9.26 Å². The van der Waals surface area contributed by atoms with Crippen LogP contribution in [-0.2, 0) is 6.42 Å². The molecule has 25 heavy (non-hydrogen) atoms. The van der Waals surface area contributed by atoms with Gasteiger partial charge in [0.1, 0.15) is 5.75 Å². The Morgan fingerprint density at radius 2 is 2.12 bits per heavy atom. The fourth-order valence-corrected chi connectivity index (χ4v) is 3.62. The second-order valence-corrected chi connectivity index (χ2v) is 6.65. The van der Waals surface area contributed by atoms with E-state index in [4.69, 9.17) is 9.26 Å². The summed E-state index contributed by atoms with van der Waals surface area (Å²) in [5.74, 6) is 2.72. The summed E-state index contributed by atoms with van der Waals surface area (Å²) in [6.45, 7) is 6.94. The van der Waals surface area contributed by atoms with Crippen molar-refractivity contribution in [3.05, 3.63) is 53.1 Å². The van der Waals surface area contributed by atoms with Crippen LogP contribution >= 0.6 is 0 Å². The molecule has 1 aliphatic carbocycles. The van der Waals surface area contributed by atoms with E-state index in [9.17, 15) is 0 Å². The molecule has 128 valence electrons. The molecule has 1 atom stereocenters. The van der Waals surface area contributed by atoms with Crippen molar-refractivity contribution >= 4 is 0 Å². The molecule has 4 rings (SSSR count). The predicted octanol–water partition coefficient (Wildman–Crippen LogP) is 5.16. The van der Waals surface area contributed by atoms with Crippen LogP contribution in [0.25, 0.3) is 22.8 Å². The quantitative estimate of drug-likeness (QED) is 0.661. The third-order valence-electron chi connectivity index (χ3n) is 4.96. The highest BCUT2D eigenvalue weighted by molar-refractivity contribution is 5.66. The first-order valence-electron chi connectivity index (χ1n) is 8.87. The van der Waals surface area contributed by atoms with Crippen molar-refractivity contribution in [2.75, 3.05) is 6.61 Å². The molecule has 2 aromatic carbocycles.